The zero-order chi connectivity index (χ0) is 15.2. The molecule has 0 bridgehead atoms. The maximum Gasteiger partial charge on any atom is 0.307 e. The highest BCUT2D eigenvalue weighted by molar-refractivity contribution is 5.96. The van der Waals surface area contributed by atoms with Gasteiger partial charge in [-0.05, 0) is 31.9 Å². The second kappa shape index (κ2) is 6.92. The third-order valence-electron chi connectivity index (χ3n) is 3.53. The van der Waals surface area contributed by atoms with Crippen molar-refractivity contribution >= 4 is 17.6 Å². The van der Waals surface area contributed by atoms with Crippen molar-refractivity contribution < 1.29 is 19.4 Å². The third kappa shape index (κ3) is 3.62. The second-order valence-corrected chi connectivity index (χ2v) is 4.91. The van der Waals surface area contributed by atoms with E-state index in [-0.39, 0.29) is 5.91 Å². The van der Waals surface area contributed by atoms with Gasteiger partial charge in [-0.25, -0.2) is 0 Å². The van der Waals surface area contributed by atoms with Crippen LogP contribution in [-0.2, 0) is 9.59 Å². The number of carbonyl (C=O) groups is 2. The van der Waals surface area contributed by atoms with Gasteiger partial charge in [0.1, 0.15) is 5.75 Å². The van der Waals surface area contributed by atoms with E-state index in [4.69, 9.17) is 4.74 Å². The Kier molecular flexibility index (Phi) is 4.98. The third-order valence-corrected chi connectivity index (χ3v) is 3.53. The smallest absolute Gasteiger partial charge is 0.307 e. The van der Waals surface area contributed by atoms with Gasteiger partial charge in [0.05, 0.1) is 24.1 Å². The minimum absolute atomic E-state index is 0.279. The van der Waals surface area contributed by atoms with Gasteiger partial charge in [0, 0.05) is 0 Å². The molecule has 0 fully saturated rings. The summed E-state index contributed by atoms with van der Waals surface area (Å²) in [6.07, 6.45) is 4.51. The van der Waals surface area contributed by atoms with Crippen LogP contribution in [0.15, 0.2) is 36.4 Å². The lowest BCUT2D eigenvalue weighted by Gasteiger charge is -2.24. The van der Waals surface area contributed by atoms with Crippen molar-refractivity contribution in [2.24, 2.45) is 11.8 Å². The van der Waals surface area contributed by atoms with Crippen molar-refractivity contribution in [2.45, 2.75) is 19.8 Å². The summed E-state index contributed by atoms with van der Waals surface area (Å²) < 4.78 is 5.45. The molecule has 0 saturated carbocycles. The predicted molar refractivity (Wildman–Crippen MR) is 79.2 cm³/mol. The number of carbonyl (C=O) groups excluding carboxylic acids is 1. The molecule has 2 rings (SSSR count). The Bertz CT molecular complexity index is 553. The quantitative estimate of drug-likeness (QED) is 0.817. The monoisotopic (exact) mass is 289 g/mol. The molecule has 0 unspecified atom stereocenters. The molecule has 0 heterocycles. The van der Waals surface area contributed by atoms with E-state index in [0.717, 1.165) is 0 Å². The summed E-state index contributed by atoms with van der Waals surface area (Å²) in [6, 6.07) is 7.14. The molecular formula is C16H19NO4. The van der Waals surface area contributed by atoms with Gasteiger partial charge in [0.25, 0.3) is 0 Å². The van der Waals surface area contributed by atoms with Crippen LogP contribution in [0, 0.1) is 11.8 Å². The number of hydrogen-bond donors (Lipinski definition) is 2. The highest BCUT2D eigenvalue weighted by atomic mass is 16.5. The molecule has 1 aromatic rings. The summed E-state index contributed by atoms with van der Waals surface area (Å²) in [4.78, 5) is 23.6. The Balaban J connectivity index is 2.14. The average Bonchev–Trinajstić information content (AvgIpc) is 2.49. The number of carboxylic acid groups (broad SMARTS) is 1. The maximum absolute atomic E-state index is 12.4. The van der Waals surface area contributed by atoms with Crippen LogP contribution < -0.4 is 10.1 Å². The van der Waals surface area contributed by atoms with Crippen LogP contribution in [0.1, 0.15) is 19.8 Å². The lowest BCUT2D eigenvalue weighted by molar-refractivity contribution is -0.146. The number of nitrogens with one attached hydrogen (secondary N) is 1. The van der Waals surface area contributed by atoms with Crippen molar-refractivity contribution in [1.82, 2.24) is 0 Å². The largest absolute Gasteiger partial charge is 0.492 e. The molecule has 5 nitrogen and oxygen atoms in total. The molecule has 1 aliphatic rings. The standard InChI is InChI=1S/C16H19NO4/c1-2-21-14-10-6-5-9-13(14)17-15(18)11-7-3-4-8-12(11)16(19)20/h3-6,9-12H,2,7-8H2,1H3,(H,17,18)(H,19,20)/t11-,12+/m0/s1. The summed E-state index contributed by atoms with van der Waals surface area (Å²) in [5.74, 6) is -1.85. The van der Waals surface area contributed by atoms with Crippen LogP contribution in [0.3, 0.4) is 0 Å². The number of ether oxygens (including phenoxy) is 1. The van der Waals surface area contributed by atoms with Gasteiger partial charge in [-0.3, -0.25) is 9.59 Å². The number of allylic oxidation sites excluding steroid dienone is 2. The summed E-state index contributed by atoms with van der Waals surface area (Å²) in [5.41, 5.74) is 0.572. The van der Waals surface area contributed by atoms with E-state index in [1.165, 1.54) is 0 Å². The zero-order valence-corrected chi connectivity index (χ0v) is 11.9. The molecule has 1 aromatic carbocycles. The molecule has 0 aliphatic heterocycles. The summed E-state index contributed by atoms with van der Waals surface area (Å²) in [7, 11) is 0. The van der Waals surface area contributed by atoms with Crippen LogP contribution in [0.25, 0.3) is 0 Å². The molecule has 5 heteroatoms. The van der Waals surface area contributed by atoms with Gasteiger partial charge in [-0.2, -0.15) is 0 Å². The molecular weight excluding hydrogens is 270 g/mol. The summed E-state index contributed by atoms with van der Waals surface area (Å²) in [5, 5.41) is 12.0. The first-order chi connectivity index (χ1) is 10.1. The normalized spacial score (nSPS) is 20.8. The summed E-state index contributed by atoms with van der Waals surface area (Å²) >= 11 is 0. The molecule has 0 radical (unpaired) electrons. The maximum atomic E-state index is 12.4. The number of para-hydroxylation sites is 2. The van der Waals surface area contributed by atoms with Crippen LogP contribution in [0.2, 0.25) is 0 Å². The van der Waals surface area contributed by atoms with Crippen LogP contribution in [-0.4, -0.2) is 23.6 Å². The number of carboxylic acids is 1. The zero-order valence-electron chi connectivity index (χ0n) is 11.9. The minimum Gasteiger partial charge on any atom is -0.492 e. The number of anilines is 1. The van der Waals surface area contributed by atoms with Crippen molar-refractivity contribution in [3.63, 3.8) is 0 Å². The Hall–Kier alpha value is -2.30. The predicted octanol–water partition coefficient (Wildman–Crippen LogP) is 2.69. The van der Waals surface area contributed by atoms with Gasteiger partial charge >= 0.3 is 5.97 Å². The fourth-order valence-electron chi connectivity index (χ4n) is 2.45. The fraction of sp³-hybridized carbons (Fsp3) is 0.375. The number of aliphatic carboxylic acids is 1. The first-order valence-electron chi connectivity index (χ1n) is 7.04. The first-order valence-corrected chi connectivity index (χ1v) is 7.04. The van der Waals surface area contributed by atoms with E-state index in [0.29, 0.717) is 30.9 Å². The van der Waals surface area contributed by atoms with E-state index in [9.17, 15) is 14.7 Å². The second-order valence-electron chi connectivity index (χ2n) is 4.91. The molecule has 2 atom stereocenters. The summed E-state index contributed by atoms with van der Waals surface area (Å²) in [6.45, 7) is 2.36. The van der Waals surface area contributed by atoms with Crippen molar-refractivity contribution in [2.75, 3.05) is 11.9 Å². The molecule has 112 valence electrons. The van der Waals surface area contributed by atoms with Gasteiger partial charge < -0.3 is 15.2 Å². The van der Waals surface area contributed by atoms with E-state index in [2.05, 4.69) is 5.32 Å². The first kappa shape index (κ1) is 15.1. The van der Waals surface area contributed by atoms with Gasteiger partial charge in [0.2, 0.25) is 5.91 Å². The number of benzene rings is 1. The van der Waals surface area contributed by atoms with Crippen molar-refractivity contribution in [3.8, 4) is 5.75 Å². The Morgan fingerprint density at radius 3 is 2.57 bits per heavy atom. The molecule has 1 amide bonds. The van der Waals surface area contributed by atoms with E-state index in [1.807, 2.05) is 25.1 Å². The average molecular weight is 289 g/mol. The number of rotatable bonds is 5. The van der Waals surface area contributed by atoms with Crippen LogP contribution >= 0.6 is 0 Å². The number of amides is 1. The van der Waals surface area contributed by atoms with E-state index < -0.39 is 17.8 Å². The van der Waals surface area contributed by atoms with Gasteiger partial charge in [0.15, 0.2) is 0 Å². The highest BCUT2D eigenvalue weighted by Gasteiger charge is 2.34. The molecule has 0 aromatic heterocycles. The lowest BCUT2D eigenvalue weighted by Crippen LogP contribution is -2.34. The van der Waals surface area contributed by atoms with E-state index >= 15 is 0 Å². The van der Waals surface area contributed by atoms with Crippen LogP contribution in [0.5, 0.6) is 5.75 Å². The topological polar surface area (TPSA) is 75.6 Å². The molecule has 0 saturated heterocycles. The van der Waals surface area contributed by atoms with Gasteiger partial charge in [-0.15, -0.1) is 0 Å². The minimum atomic E-state index is -0.933. The Labute approximate surface area is 123 Å². The van der Waals surface area contributed by atoms with Crippen LogP contribution in [0.4, 0.5) is 5.69 Å². The Morgan fingerprint density at radius 2 is 1.90 bits per heavy atom. The SMILES string of the molecule is CCOc1ccccc1NC(=O)[C@H]1CC=CC[C@H]1C(=O)O. The molecule has 0 spiro atoms. The fourth-order valence-corrected chi connectivity index (χ4v) is 2.45. The molecule has 1 aliphatic carbocycles. The van der Waals surface area contributed by atoms with Crippen molar-refractivity contribution in [3.05, 3.63) is 36.4 Å². The molecule has 2 N–H and O–H groups in total. The molecule has 21 heavy (non-hydrogen) atoms. The Morgan fingerprint density at radius 1 is 1.24 bits per heavy atom. The van der Waals surface area contributed by atoms with Gasteiger partial charge in [-0.1, -0.05) is 24.3 Å². The van der Waals surface area contributed by atoms with Crippen molar-refractivity contribution in [1.29, 1.82) is 0 Å². The number of hydrogen-bond acceptors (Lipinski definition) is 3. The van der Waals surface area contributed by atoms with E-state index in [1.54, 1.807) is 18.2 Å². The lowest BCUT2D eigenvalue weighted by atomic mass is 9.82. The highest BCUT2D eigenvalue weighted by Crippen LogP contribution is 2.29.